The van der Waals surface area contributed by atoms with Gasteiger partial charge in [0.2, 0.25) is 5.91 Å². The predicted molar refractivity (Wildman–Crippen MR) is 204 cm³/mol. The molecule has 290 valence electrons. The minimum Gasteiger partial charge on any atom is -0.505 e. The van der Waals surface area contributed by atoms with Crippen LogP contribution in [-0.4, -0.2) is 90.5 Å². The lowest BCUT2D eigenvalue weighted by Gasteiger charge is -2.59. The lowest BCUT2D eigenvalue weighted by molar-refractivity contribution is -0.278. The summed E-state index contributed by atoms with van der Waals surface area (Å²) >= 11 is 0. The Morgan fingerprint density at radius 2 is 1.83 bits per heavy atom. The van der Waals surface area contributed by atoms with Gasteiger partial charge in [-0.1, -0.05) is 32.9 Å². The fraction of sp³-hybridized carbons (Fsp3) is 0.595. The molecular weight excluding hydrogens is 674 g/mol. The van der Waals surface area contributed by atoms with Gasteiger partial charge in [0.1, 0.15) is 16.8 Å². The normalized spacial score (nSPS) is 32.6. The number of nitrogens with zero attached hydrogens (tertiary/aromatic N) is 1. The van der Waals surface area contributed by atoms with Crippen LogP contribution in [0, 0.1) is 29.1 Å². The second-order valence-electron chi connectivity index (χ2n) is 15.8. The van der Waals surface area contributed by atoms with E-state index in [4.69, 9.17) is 18.9 Å². The molecule has 0 saturated heterocycles. The van der Waals surface area contributed by atoms with Crippen molar-refractivity contribution in [3.63, 3.8) is 0 Å². The summed E-state index contributed by atoms with van der Waals surface area (Å²) in [4.78, 5) is 31.9. The van der Waals surface area contributed by atoms with E-state index in [0.29, 0.717) is 44.5 Å². The number of nitrogens with one attached hydrogen (secondary N) is 2. The Bertz CT molecular complexity index is 1650. The number of methoxy groups -OCH3 is 3. The first-order valence-electron chi connectivity index (χ1n) is 18.9. The second-order valence-corrected chi connectivity index (χ2v) is 15.8. The molecule has 4 N–H and O–H groups in total. The molecule has 3 saturated carbocycles. The number of likely N-dealkylation sites (N-methyl/N-ethyl adjacent to an activating group) is 1. The highest BCUT2D eigenvalue weighted by atomic mass is 16.6. The fourth-order valence-corrected chi connectivity index (χ4v) is 10.3. The number of aliphatic hydroxyl groups is 2. The summed E-state index contributed by atoms with van der Waals surface area (Å²) in [6.07, 6.45) is 9.72. The first kappa shape index (κ1) is 40.6. The molecule has 0 radical (unpaired) electrons. The number of fused-ring (bicyclic) bond motifs is 4. The van der Waals surface area contributed by atoms with Crippen molar-refractivity contribution >= 4 is 23.1 Å². The van der Waals surface area contributed by atoms with Crippen molar-refractivity contribution in [3.8, 4) is 0 Å². The van der Waals surface area contributed by atoms with Gasteiger partial charge in [-0.3, -0.25) is 9.78 Å². The van der Waals surface area contributed by atoms with Crippen molar-refractivity contribution < 1.29 is 38.7 Å². The summed E-state index contributed by atoms with van der Waals surface area (Å²) < 4.78 is 23.9. The third-order valence-electron chi connectivity index (χ3n) is 12.7. The van der Waals surface area contributed by atoms with Crippen molar-refractivity contribution in [2.45, 2.75) is 95.7 Å². The predicted octanol–water partition coefficient (Wildman–Crippen LogP) is 5.78. The number of carbonyl (C=O) groups is 2. The summed E-state index contributed by atoms with van der Waals surface area (Å²) in [5.74, 6) is -1.97. The van der Waals surface area contributed by atoms with Crippen LogP contribution < -0.4 is 10.6 Å². The smallest absolute Gasteiger partial charge is 0.340 e. The quantitative estimate of drug-likeness (QED) is 0.0951. The molecule has 3 aliphatic rings. The van der Waals surface area contributed by atoms with Crippen LogP contribution in [0.3, 0.4) is 0 Å². The molecule has 2 aromatic rings. The van der Waals surface area contributed by atoms with Gasteiger partial charge in [-0.25, -0.2) is 4.79 Å². The molecule has 11 heteroatoms. The Kier molecular flexibility index (Phi) is 12.6. The number of esters is 1. The van der Waals surface area contributed by atoms with E-state index in [-0.39, 0.29) is 47.7 Å². The van der Waals surface area contributed by atoms with Crippen LogP contribution in [0.5, 0.6) is 0 Å². The van der Waals surface area contributed by atoms with Crippen molar-refractivity contribution in [2.75, 3.05) is 39.7 Å². The van der Waals surface area contributed by atoms with Gasteiger partial charge in [0.15, 0.2) is 0 Å². The zero-order valence-corrected chi connectivity index (χ0v) is 32.6. The van der Waals surface area contributed by atoms with E-state index in [0.717, 1.165) is 11.1 Å². The van der Waals surface area contributed by atoms with Gasteiger partial charge < -0.3 is 39.8 Å². The van der Waals surface area contributed by atoms with E-state index in [1.165, 1.54) is 6.08 Å². The molecule has 2 bridgehead atoms. The van der Waals surface area contributed by atoms with Crippen LogP contribution in [0.15, 0.2) is 67.2 Å². The Balaban J connectivity index is 1.57. The number of aromatic nitrogens is 1. The first-order valence-corrected chi connectivity index (χ1v) is 18.9. The number of hydrogen-bond acceptors (Lipinski definition) is 10. The lowest BCUT2D eigenvalue weighted by atomic mass is 9.52. The van der Waals surface area contributed by atoms with Crippen LogP contribution >= 0.6 is 0 Å². The van der Waals surface area contributed by atoms with E-state index in [9.17, 15) is 19.8 Å². The van der Waals surface area contributed by atoms with Crippen molar-refractivity contribution in [1.82, 2.24) is 10.3 Å². The SMILES string of the molecule is CCNC[C@@](C/C=C/OC)(OC(=O)c1ccccc1NC(=O)/C=C(\C)c1ccncc1)[C@H]1CC2C[C@]1(C)[C@@H]1C[C@H](C)[C@H](OC)[C@]1(O)[C@]2(O)C[C@@H](C)OC. The Labute approximate surface area is 314 Å². The fourth-order valence-electron chi connectivity index (χ4n) is 10.3. The number of rotatable bonds is 16. The van der Waals surface area contributed by atoms with Gasteiger partial charge in [-0.15, -0.1) is 0 Å². The maximum atomic E-state index is 14.6. The average molecular weight is 734 g/mol. The number of anilines is 1. The zero-order chi connectivity index (χ0) is 38.6. The minimum absolute atomic E-state index is 0.0259. The standard InChI is InChI=1S/C42H59N3O8/c1-9-43-26-40(17-12-20-50-6,53-38(47)32-13-10-11-14-33(32)45-36(46)22-27(2)30-15-18-44-19-16-30)34-23-31-25-39(34,5)35-21-28(3)37(52-8)42(35,49)41(31,48)24-29(4)51-7/h10-16,18-20,22,28-29,31,34-35,37,43,48-49H,9,17,21,23-26H2,1-8H3,(H,45,46)/b20-12+,27-22+/t28-,29+,31?,34-,35-,37-,39-,40+,41-,42-/m0/s1. The van der Waals surface area contributed by atoms with E-state index in [1.807, 2.05) is 39.0 Å². The van der Waals surface area contributed by atoms with E-state index in [1.54, 1.807) is 64.3 Å². The molecule has 0 aliphatic heterocycles. The Morgan fingerprint density at radius 3 is 2.49 bits per heavy atom. The van der Waals surface area contributed by atoms with Gasteiger partial charge in [-0.05, 0) is 104 Å². The van der Waals surface area contributed by atoms with Crippen LogP contribution in [0.1, 0.15) is 82.6 Å². The molecule has 3 aliphatic carbocycles. The zero-order valence-electron chi connectivity index (χ0n) is 32.6. The highest BCUT2D eigenvalue weighted by molar-refractivity contribution is 6.07. The third kappa shape index (κ3) is 7.43. The molecule has 3 fully saturated rings. The highest BCUT2D eigenvalue weighted by Gasteiger charge is 2.78. The van der Waals surface area contributed by atoms with E-state index >= 15 is 0 Å². The van der Waals surface area contributed by atoms with Crippen molar-refractivity contribution in [1.29, 1.82) is 0 Å². The number of para-hydroxylation sites is 1. The van der Waals surface area contributed by atoms with Gasteiger partial charge in [0.05, 0.1) is 36.8 Å². The first-order chi connectivity index (χ1) is 25.2. The number of carbonyl (C=O) groups excluding carboxylic acids is 2. The molecular formula is C42H59N3O8. The third-order valence-corrected chi connectivity index (χ3v) is 12.7. The average Bonchev–Trinajstić information content (AvgIpc) is 3.64. The molecule has 5 rings (SSSR count). The lowest BCUT2D eigenvalue weighted by Crippen LogP contribution is -2.71. The molecule has 1 amide bonds. The van der Waals surface area contributed by atoms with Gasteiger partial charge >= 0.3 is 5.97 Å². The van der Waals surface area contributed by atoms with E-state index < -0.39 is 34.3 Å². The largest absolute Gasteiger partial charge is 0.505 e. The van der Waals surface area contributed by atoms with Crippen LogP contribution in [-0.2, 0) is 23.7 Å². The Morgan fingerprint density at radius 1 is 1.11 bits per heavy atom. The van der Waals surface area contributed by atoms with Gasteiger partial charge in [-0.2, -0.15) is 0 Å². The second kappa shape index (κ2) is 16.4. The number of amides is 1. The number of allylic oxidation sites excluding steroid dienone is 1. The molecule has 10 atom stereocenters. The molecule has 1 unspecified atom stereocenters. The van der Waals surface area contributed by atoms with Crippen LogP contribution in [0.4, 0.5) is 5.69 Å². The molecule has 0 spiro atoms. The Hall–Kier alpha value is -3.61. The summed E-state index contributed by atoms with van der Waals surface area (Å²) in [6.45, 7) is 11.0. The molecule has 11 nitrogen and oxygen atoms in total. The van der Waals surface area contributed by atoms with Crippen molar-refractivity contribution in [2.24, 2.45) is 29.1 Å². The van der Waals surface area contributed by atoms with Gasteiger partial charge in [0, 0.05) is 58.0 Å². The summed E-state index contributed by atoms with van der Waals surface area (Å²) in [5.41, 5.74) is -2.60. The van der Waals surface area contributed by atoms with Crippen LogP contribution in [0.2, 0.25) is 0 Å². The monoisotopic (exact) mass is 733 g/mol. The van der Waals surface area contributed by atoms with Crippen molar-refractivity contribution in [3.05, 3.63) is 78.3 Å². The van der Waals surface area contributed by atoms with E-state index in [2.05, 4.69) is 29.5 Å². The summed E-state index contributed by atoms with van der Waals surface area (Å²) in [5, 5.41) is 32.3. The summed E-state index contributed by atoms with van der Waals surface area (Å²) in [7, 11) is 4.80. The highest BCUT2D eigenvalue weighted by Crippen LogP contribution is 2.72. The van der Waals surface area contributed by atoms with Crippen LogP contribution in [0.25, 0.3) is 5.57 Å². The maximum absolute atomic E-state index is 14.6. The topological polar surface area (TPSA) is 148 Å². The summed E-state index contributed by atoms with van der Waals surface area (Å²) in [6, 6.07) is 10.5. The number of benzene rings is 1. The number of ether oxygens (including phenoxy) is 4. The molecule has 1 aromatic carbocycles. The molecule has 53 heavy (non-hydrogen) atoms. The van der Waals surface area contributed by atoms with Gasteiger partial charge in [0.25, 0.3) is 0 Å². The molecule has 1 aromatic heterocycles. The maximum Gasteiger partial charge on any atom is 0.340 e. The number of pyridine rings is 1. The minimum atomic E-state index is -1.56. The number of hydrogen-bond donors (Lipinski definition) is 4. The molecule has 1 heterocycles.